The number of hydrogen-bond acceptors (Lipinski definition) is 6. The summed E-state index contributed by atoms with van der Waals surface area (Å²) in [7, 11) is 1.53. The van der Waals surface area contributed by atoms with Gasteiger partial charge in [0.15, 0.2) is 0 Å². The van der Waals surface area contributed by atoms with Crippen molar-refractivity contribution in [1.29, 1.82) is 5.26 Å². The van der Waals surface area contributed by atoms with Gasteiger partial charge in [0, 0.05) is 18.6 Å². The van der Waals surface area contributed by atoms with Crippen LogP contribution < -0.4 is 15.2 Å². The average molecular weight is 270 g/mol. The summed E-state index contributed by atoms with van der Waals surface area (Å²) in [6.07, 6.45) is 0.656. The van der Waals surface area contributed by atoms with Crippen LogP contribution in [-0.4, -0.2) is 17.1 Å². The summed E-state index contributed by atoms with van der Waals surface area (Å²) in [5.74, 6) is 2.28. The molecule has 0 bridgehead atoms. The van der Waals surface area contributed by atoms with Gasteiger partial charge in [-0.25, -0.2) is 4.98 Å². The number of nitriles is 1. The maximum absolute atomic E-state index is 8.97. The zero-order valence-electron chi connectivity index (χ0n) is 11.3. The van der Waals surface area contributed by atoms with Crippen molar-refractivity contribution < 1.29 is 9.47 Å². The molecular weight excluding hydrogens is 256 g/mol. The van der Waals surface area contributed by atoms with E-state index >= 15 is 0 Å². The van der Waals surface area contributed by atoms with Crippen LogP contribution >= 0.6 is 0 Å². The number of nitrogens with zero attached hydrogens (tertiary/aromatic N) is 3. The molecule has 102 valence electrons. The molecule has 0 saturated heterocycles. The summed E-state index contributed by atoms with van der Waals surface area (Å²) < 4.78 is 10.7. The Balaban J connectivity index is 2.34. The van der Waals surface area contributed by atoms with Gasteiger partial charge in [-0.1, -0.05) is 6.92 Å². The zero-order chi connectivity index (χ0) is 14.5. The molecule has 1 heterocycles. The van der Waals surface area contributed by atoms with Crippen molar-refractivity contribution in [3.63, 3.8) is 0 Å². The van der Waals surface area contributed by atoms with Crippen LogP contribution in [0.25, 0.3) is 0 Å². The third kappa shape index (κ3) is 3.14. The van der Waals surface area contributed by atoms with Gasteiger partial charge in [-0.3, -0.25) is 0 Å². The lowest BCUT2D eigenvalue weighted by Crippen LogP contribution is -2.00. The molecule has 0 aliphatic carbocycles. The van der Waals surface area contributed by atoms with E-state index in [4.69, 9.17) is 20.5 Å². The number of aromatic nitrogens is 2. The molecule has 1 aromatic carbocycles. The van der Waals surface area contributed by atoms with Crippen LogP contribution in [0.3, 0.4) is 0 Å². The summed E-state index contributed by atoms with van der Waals surface area (Å²) >= 11 is 0. The summed E-state index contributed by atoms with van der Waals surface area (Å²) in [5.41, 5.74) is 6.13. The first kappa shape index (κ1) is 13.6. The first-order valence-corrected chi connectivity index (χ1v) is 6.05. The Morgan fingerprint density at radius 2 is 1.95 bits per heavy atom. The van der Waals surface area contributed by atoms with E-state index in [1.807, 2.05) is 13.0 Å². The van der Waals surface area contributed by atoms with E-state index in [0.717, 1.165) is 0 Å². The van der Waals surface area contributed by atoms with Gasteiger partial charge >= 0.3 is 0 Å². The second-order valence-electron chi connectivity index (χ2n) is 4.01. The molecule has 0 unspecified atom stereocenters. The van der Waals surface area contributed by atoms with Crippen LogP contribution in [0.4, 0.5) is 5.82 Å². The van der Waals surface area contributed by atoms with Crippen molar-refractivity contribution in [3.05, 3.63) is 35.7 Å². The quantitative estimate of drug-likeness (QED) is 0.916. The van der Waals surface area contributed by atoms with E-state index in [1.54, 1.807) is 18.2 Å². The molecule has 0 amide bonds. The predicted octanol–water partition coefficient (Wildman–Crippen LogP) is 2.29. The number of methoxy groups -OCH3 is 1. The van der Waals surface area contributed by atoms with Crippen molar-refractivity contribution >= 4 is 5.82 Å². The van der Waals surface area contributed by atoms with Gasteiger partial charge in [-0.2, -0.15) is 10.2 Å². The van der Waals surface area contributed by atoms with E-state index < -0.39 is 0 Å². The second-order valence-corrected chi connectivity index (χ2v) is 4.01. The van der Waals surface area contributed by atoms with Gasteiger partial charge in [-0.05, 0) is 12.1 Å². The third-order valence-electron chi connectivity index (χ3n) is 2.55. The van der Waals surface area contributed by atoms with E-state index in [-0.39, 0.29) is 0 Å². The molecule has 0 saturated carbocycles. The topological polar surface area (TPSA) is 94.1 Å². The minimum Gasteiger partial charge on any atom is -0.497 e. The minimum absolute atomic E-state index is 0.339. The molecule has 0 aliphatic heterocycles. The molecule has 6 heteroatoms. The Morgan fingerprint density at radius 1 is 1.20 bits per heavy atom. The summed E-state index contributed by atoms with van der Waals surface area (Å²) in [4.78, 5) is 8.29. The molecule has 1 aromatic heterocycles. The highest BCUT2D eigenvalue weighted by atomic mass is 16.5. The maximum atomic E-state index is 8.97. The predicted molar refractivity (Wildman–Crippen MR) is 73.6 cm³/mol. The lowest BCUT2D eigenvalue weighted by molar-refractivity contribution is 0.407. The summed E-state index contributed by atoms with van der Waals surface area (Å²) in [6, 6.07) is 8.48. The van der Waals surface area contributed by atoms with Gasteiger partial charge in [0.05, 0.1) is 18.7 Å². The molecule has 0 aliphatic rings. The van der Waals surface area contributed by atoms with Crippen molar-refractivity contribution in [2.24, 2.45) is 0 Å². The number of hydrogen-bond donors (Lipinski definition) is 1. The van der Waals surface area contributed by atoms with E-state index in [1.165, 1.54) is 13.2 Å². The molecule has 0 atom stereocenters. The number of benzene rings is 1. The Bertz CT molecular complexity index is 665. The number of rotatable bonds is 4. The van der Waals surface area contributed by atoms with Crippen molar-refractivity contribution in [2.45, 2.75) is 13.3 Å². The zero-order valence-corrected chi connectivity index (χ0v) is 11.3. The van der Waals surface area contributed by atoms with Crippen molar-refractivity contribution in [1.82, 2.24) is 9.97 Å². The number of ether oxygens (including phenoxy) is 2. The molecule has 2 rings (SSSR count). The summed E-state index contributed by atoms with van der Waals surface area (Å²) in [5, 5.41) is 8.97. The third-order valence-corrected chi connectivity index (χ3v) is 2.55. The lowest BCUT2D eigenvalue weighted by atomic mass is 10.2. The number of anilines is 1. The van der Waals surface area contributed by atoms with Crippen LogP contribution in [0.2, 0.25) is 0 Å². The van der Waals surface area contributed by atoms with Crippen LogP contribution in [-0.2, 0) is 6.42 Å². The van der Waals surface area contributed by atoms with Crippen LogP contribution in [0.1, 0.15) is 18.3 Å². The fourth-order valence-corrected chi connectivity index (χ4v) is 1.64. The Hall–Kier alpha value is -2.81. The van der Waals surface area contributed by atoms with E-state index in [0.29, 0.717) is 41.0 Å². The highest BCUT2D eigenvalue weighted by molar-refractivity contribution is 5.45. The molecule has 2 aromatic rings. The molecular formula is C14H14N4O2. The van der Waals surface area contributed by atoms with Gasteiger partial charge in [0.2, 0.25) is 5.88 Å². The fourth-order valence-electron chi connectivity index (χ4n) is 1.64. The molecule has 0 radical (unpaired) electrons. The lowest BCUT2D eigenvalue weighted by Gasteiger charge is -2.08. The van der Waals surface area contributed by atoms with Gasteiger partial charge in [0.1, 0.15) is 23.1 Å². The highest BCUT2D eigenvalue weighted by Crippen LogP contribution is 2.26. The first-order valence-electron chi connectivity index (χ1n) is 6.05. The Morgan fingerprint density at radius 3 is 2.60 bits per heavy atom. The normalized spacial score (nSPS) is 9.85. The first-order chi connectivity index (χ1) is 9.64. The molecule has 0 spiro atoms. The number of nitrogen functional groups attached to an aromatic ring is 1. The van der Waals surface area contributed by atoms with Gasteiger partial charge in [-0.15, -0.1) is 0 Å². The number of nitrogens with two attached hydrogens (primary N) is 1. The SMILES string of the molecule is CCc1nc(N)cc(Oc2cc(C#N)cc(OC)c2)n1. The highest BCUT2D eigenvalue weighted by Gasteiger charge is 2.07. The van der Waals surface area contributed by atoms with Crippen LogP contribution in [0.15, 0.2) is 24.3 Å². The Labute approximate surface area is 116 Å². The number of aryl methyl sites for hydroxylation is 1. The largest absolute Gasteiger partial charge is 0.497 e. The molecule has 20 heavy (non-hydrogen) atoms. The molecule has 6 nitrogen and oxygen atoms in total. The smallest absolute Gasteiger partial charge is 0.224 e. The van der Waals surface area contributed by atoms with Gasteiger partial charge < -0.3 is 15.2 Å². The van der Waals surface area contributed by atoms with Crippen LogP contribution in [0, 0.1) is 11.3 Å². The monoisotopic (exact) mass is 270 g/mol. The van der Waals surface area contributed by atoms with Crippen molar-refractivity contribution in [2.75, 3.05) is 12.8 Å². The van der Waals surface area contributed by atoms with Crippen molar-refractivity contribution in [3.8, 4) is 23.4 Å². The summed E-state index contributed by atoms with van der Waals surface area (Å²) in [6.45, 7) is 1.93. The second kappa shape index (κ2) is 5.89. The van der Waals surface area contributed by atoms with E-state index in [9.17, 15) is 0 Å². The standard InChI is InChI=1S/C14H14N4O2/c1-3-13-17-12(16)7-14(18-13)20-11-5-9(8-15)4-10(6-11)19-2/h4-7H,3H2,1-2H3,(H2,16,17,18). The van der Waals surface area contributed by atoms with Crippen LogP contribution in [0.5, 0.6) is 17.4 Å². The minimum atomic E-state index is 0.339. The Kier molecular flexibility index (Phi) is 4.01. The van der Waals surface area contributed by atoms with E-state index in [2.05, 4.69) is 9.97 Å². The fraction of sp³-hybridized carbons (Fsp3) is 0.214. The van der Waals surface area contributed by atoms with Gasteiger partial charge in [0.25, 0.3) is 0 Å². The average Bonchev–Trinajstić information content (AvgIpc) is 2.46. The molecule has 2 N–H and O–H groups in total. The maximum Gasteiger partial charge on any atom is 0.224 e. The molecule has 0 fully saturated rings.